The molecule has 0 aromatic heterocycles. The van der Waals surface area contributed by atoms with Crippen LogP contribution in [0.1, 0.15) is 16.7 Å². The quantitative estimate of drug-likeness (QED) is 0.206. The molecular formula is C33H33Cl2N3O5S. The third-order valence-corrected chi connectivity index (χ3v) is 9.48. The molecule has 44 heavy (non-hydrogen) atoms. The zero-order valence-corrected chi connectivity index (χ0v) is 26.9. The van der Waals surface area contributed by atoms with E-state index in [9.17, 15) is 18.0 Å². The predicted molar refractivity (Wildman–Crippen MR) is 174 cm³/mol. The summed E-state index contributed by atoms with van der Waals surface area (Å²) >= 11 is 12.6. The van der Waals surface area contributed by atoms with Gasteiger partial charge in [-0.1, -0.05) is 89.4 Å². The molecule has 0 saturated heterocycles. The summed E-state index contributed by atoms with van der Waals surface area (Å²) in [5.74, 6) is -0.782. The Labute approximate surface area is 268 Å². The first-order valence-electron chi connectivity index (χ1n) is 13.8. The third-order valence-electron chi connectivity index (χ3n) is 7.12. The smallest absolute Gasteiger partial charge is 0.264 e. The van der Waals surface area contributed by atoms with E-state index in [2.05, 4.69) is 5.32 Å². The molecule has 0 unspecified atom stereocenters. The molecule has 0 aliphatic heterocycles. The summed E-state index contributed by atoms with van der Waals surface area (Å²) < 4.78 is 34.8. The number of rotatable bonds is 12. The van der Waals surface area contributed by atoms with Crippen LogP contribution in [0.3, 0.4) is 0 Å². The van der Waals surface area contributed by atoms with E-state index in [1.54, 1.807) is 54.6 Å². The van der Waals surface area contributed by atoms with Gasteiger partial charge in [-0.05, 0) is 54.4 Å². The Morgan fingerprint density at radius 1 is 0.909 bits per heavy atom. The highest BCUT2D eigenvalue weighted by molar-refractivity contribution is 7.92. The van der Waals surface area contributed by atoms with Crippen LogP contribution in [0, 0.1) is 6.92 Å². The van der Waals surface area contributed by atoms with Crippen molar-refractivity contribution in [1.29, 1.82) is 0 Å². The maximum Gasteiger partial charge on any atom is 0.264 e. The summed E-state index contributed by atoms with van der Waals surface area (Å²) in [5, 5.41) is 3.37. The number of nitrogens with one attached hydrogen (secondary N) is 1. The molecule has 4 rings (SSSR count). The third kappa shape index (κ3) is 7.72. The van der Waals surface area contributed by atoms with E-state index in [-0.39, 0.29) is 29.3 Å². The average Bonchev–Trinajstić information content (AvgIpc) is 3.02. The standard InChI is InChI=1S/C33H33Cl2N3O5S/c1-23-13-17-27(18-14-23)44(41,42)38(29-11-7-8-12-31(29)43-3)22-32(39)37(21-25-15-16-26(34)20-28(25)35)30(33(40)36-2)19-24-9-5-4-6-10-24/h4-18,20,30H,19,21-22H2,1-3H3,(H,36,40)/t30-/m1/s1. The number of nitrogens with zero attached hydrogens (tertiary/aromatic N) is 2. The van der Waals surface area contributed by atoms with E-state index in [4.69, 9.17) is 27.9 Å². The lowest BCUT2D eigenvalue weighted by Gasteiger charge is -2.34. The van der Waals surface area contributed by atoms with Gasteiger partial charge in [0.1, 0.15) is 18.3 Å². The summed E-state index contributed by atoms with van der Waals surface area (Å²) in [6.07, 6.45) is 0.177. The first-order valence-corrected chi connectivity index (χ1v) is 16.0. The Morgan fingerprint density at radius 3 is 2.20 bits per heavy atom. The van der Waals surface area contributed by atoms with Crippen LogP contribution in [-0.4, -0.2) is 51.9 Å². The molecule has 230 valence electrons. The lowest BCUT2D eigenvalue weighted by Crippen LogP contribution is -2.53. The summed E-state index contributed by atoms with van der Waals surface area (Å²) in [5.41, 5.74) is 2.41. The molecule has 0 saturated carbocycles. The average molecular weight is 655 g/mol. The van der Waals surface area contributed by atoms with Crippen molar-refractivity contribution in [2.24, 2.45) is 0 Å². The molecule has 0 bridgehead atoms. The van der Waals surface area contributed by atoms with Gasteiger partial charge in [0.2, 0.25) is 11.8 Å². The lowest BCUT2D eigenvalue weighted by molar-refractivity contribution is -0.139. The van der Waals surface area contributed by atoms with Gasteiger partial charge in [0.05, 0.1) is 17.7 Å². The molecule has 4 aromatic rings. The van der Waals surface area contributed by atoms with Crippen molar-refractivity contribution >= 4 is 50.7 Å². The number of likely N-dealkylation sites (N-methyl/N-ethyl adjacent to an activating group) is 1. The Bertz CT molecular complexity index is 1720. The van der Waals surface area contributed by atoms with Crippen LogP contribution in [0.4, 0.5) is 5.69 Å². The monoisotopic (exact) mass is 653 g/mol. The Morgan fingerprint density at radius 2 is 1.57 bits per heavy atom. The minimum absolute atomic E-state index is 0.00115. The first-order chi connectivity index (χ1) is 21.0. The number of methoxy groups -OCH3 is 1. The molecular weight excluding hydrogens is 621 g/mol. The Hall–Kier alpha value is -4.05. The minimum Gasteiger partial charge on any atom is -0.495 e. The van der Waals surface area contributed by atoms with Crippen LogP contribution in [0.25, 0.3) is 0 Å². The van der Waals surface area contributed by atoms with Crippen LogP contribution in [-0.2, 0) is 32.6 Å². The van der Waals surface area contributed by atoms with Gasteiger partial charge in [-0.15, -0.1) is 0 Å². The van der Waals surface area contributed by atoms with Crippen LogP contribution in [0.5, 0.6) is 5.75 Å². The molecule has 0 heterocycles. The van der Waals surface area contributed by atoms with Gasteiger partial charge in [-0.25, -0.2) is 8.42 Å². The van der Waals surface area contributed by atoms with E-state index in [0.29, 0.717) is 15.6 Å². The highest BCUT2D eigenvalue weighted by Gasteiger charge is 2.35. The fraction of sp³-hybridized carbons (Fsp3) is 0.212. The zero-order valence-electron chi connectivity index (χ0n) is 24.5. The second-order valence-electron chi connectivity index (χ2n) is 10.1. The SMILES string of the molecule is CNC(=O)[C@@H](Cc1ccccc1)N(Cc1ccc(Cl)cc1Cl)C(=O)CN(c1ccccc1OC)S(=O)(=O)c1ccc(C)cc1. The molecule has 11 heteroatoms. The van der Waals surface area contributed by atoms with Gasteiger partial charge in [0.25, 0.3) is 10.0 Å². The van der Waals surface area contributed by atoms with E-state index in [1.165, 1.54) is 31.2 Å². The molecule has 0 fully saturated rings. The second kappa shape index (κ2) is 14.6. The Kier molecular flexibility index (Phi) is 10.9. The molecule has 8 nitrogen and oxygen atoms in total. The van der Waals surface area contributed by atoms with E-state index >= 15 is 0 Å². The highest BCUT2D eigenvalue weighted by atomic mass is 35.5. The molecule has 0 aliphatic rings. The normalized spacial score (nSPS) is 11.8. The highest BCUT2D eigenvalue weighted by Crippen LogP contribution is 2.33. The van der Waals surface area contributed by atoms with Crippen molar-refractivity contribution in [2.75, 3.05) is 25.0 Å². The number of ether oxygens (including phenoxy) is 1. The molecule has 1 N–H and O–H groups in total. The maximum absolute atomic E-state index is 14.4. The van der Waals surface area contributed by atoms with Crippen molar-refractivity contribution in [3.8, 4) is 5.75 Å². The number of hydrogen-bond donors (Lipinski definition) is 1. The summed E-state index contributed by atoms with van der Waals surface area (Å²) in [4.78, 5) is 29.2. The molecule has 0 aliphatic carbocycles. The van der Waals surface area contributed by atoms with Crippen molar-refractivity contribution in [3.63, 3.8) is 0 Å². The van der Waals surface area contributed by atoms with Crippen molar-refractivity contribution in [1.82, 2.24) is 10.2 Å². The molecule has 4 aromatic carbocycles. The number of carbonyl (C=O) groups is 2. The van der Waals surface area contributed by atoms with Crippen LogP contribution >= 0.6 is 23.2 Å². The number of carbonyl (C=O) groups excluding carboxylic acids is 2. The summed E-state index contributed by atoms with van der Waals surface area (Å²) in [7, 11) is -1.36. The summed E-state index contributed by atoms with van der Waals surface area (Å²) in [6, 6.07) is 26.0. The van der Waals surface area contributed by atoms with Gasteiger partial charge in [0, 0.05) is 30.1 Å². The molecule has 0 spiro atoms. The Balaban J connectivity index is 1.83. The minimum atomic E-state index is -4.27. The van der Waals surface area contributed by atoms with Gasteiger partial charge in [-0.3, -0.25) is 13.9 Å². The van der Waals surface area contributed by atoms with Crippen LogP contribution < -0.4 is 14.4 Å². The molecule has 0 radical (unpaired) electrons. The van der Waals surface area contributed by atoms with Crippen molar-refractivity contribution < 1.29 is 22.7 Å². The fourth-order valence-electron chi connectivity index (χ4n) is 4.74. The van der Waals surface area contributed by atoms with Crippen molar-refractivity contribution in [3.05, 3.63) is 124 Å². The number of halogens is 2. The molecule has 1 atom stereocenters. The van der Waals surface area contributed by atoms with E-state index in [1.807, 2.05) is 37.3 Å². The number of benzene rings is 4. The van der Waals surface area contributed by atoms with Gasteiger partial charge in [-0.2, -0.15) is 0 Å². The van der Waals surface area contributed by atoms with Crippen molar-refractivity contribution in [2.45, 2.75) is 30.8 Å². The zero-order chi connectivity index (χ0) is 31.9. The fourth-order valence-corrected chi connectivity index (χ4v) is 6.63. The van der Waals surface area contributed by atoms with E-state index in [0.717, 1.165) is 15.4 Å². The van der Waals surface area contributed by atoms with Gasteiger partial charge >= 0.3 is 0 Å². The second-order valence-corrected chi connectivity index (χ2v) is 12.8. The summed E-state index contributed by atoms with van der Waals surface area (Å²) in [6.45, 7) is 1.15. The number of para-hydroxylation sites is 2. The number of sulfonamides is 1. The maximum atomic E-state index is 14.4. The van der Waals surface area contributed by atoms with Gasteiger partial charge in [0.15, 0.2) is 0 Å². The number of aryl methyl sites for hydroxylation is 1. The largest absolute Gasteiger partial charge is 0.495 e. The number of anilines is 1. The molecule has 2 amide bonds. The first kappa shape index (κ1) is 32.9. The van der Waals surface area contributed by atoms with Crippen LogP contribution in [0.2, 0.25) is 10.0 Å². The van der Waals surface area contributed by atoms with Gasteiger partial charge < -0.3 is 15.0 Å². The number of hydrogen-bond acceptors (Lipinski definition) is 5. The topological polar surface area (TPSA) is 96.0 Å². The number of amides is 2. The van der Waals surface area contributed by atoms with E-state index < -0.39 is 34.4 Å². The predicted octanol–water partition coefficient (Wildman–Crippen LogP) is 5.89. The van der Waals surface area contributed by atoms with Crippen LogP contribution in [0.15, 0.2) is 102 Å². The lowest BCUT2D eigenvalue weighted by atomic mass is 10.0.